The van der Waals surface area contributed by atoms with E-state index in [9.17, 15) is 9.59 Å². The first-order chi connectivity index (χ1) is 13.1. The fourth-order valence-electron chi connectivity index (χ4n) is 3.17. The number of amides is 1. The van der Waals surface area contributed by atoms with Crippen LogP contribution in [0.4, 0.5) is 0 Å². The Hall–Kier alpha value is -2.53. The van der Waals surface area contributed by atoms with Crippen LogP contribution < -0.4 is 5.32 Å². The molecule has 0 spiro atoms. The highest BCUT2D eigenvalue weighted by atomic mass is 32.2. The van der Waals surface area contributed by atoms with Crippen molar-refractivity contribution in [3.8, 4) is 0 Å². The van der Waals surface area contributed by atoms with Crippen molar-refractivity contribution in [3.05, 3.63) is 84.4 Å². The Morgan fingerprint density at radius 2 is 1.74 bits per heavy atom. The lowest BCUT2D eigenvalue weighted by atomic mass is 9.76. The van der Waals surface area contributed by atoms with Crippen molar-refractivity contribution in [3.63, 3.8) is 0 Å². The van der Waals surface area contributed by atoms with Crippen LogP contribution in [0.25, 0.3) is 0 Å². The van der Waals surface area contributed by atoms with Gasteiger partial charge in [0.05, 0.1) is 7.11 Å². The smallest absolute Gasteiger partial charge is 0.332 e. The van der Waals surface area contributed by atoms with E-state index in [-0.39, 0.29) is 5.91 Å². The third-order valence-electron chi connectivity index (χ3n) is 4.55. The van der Waals surface area contributed by atoms with Crippen molar-refractivity contribution in [1.29, 1.82) is 0 Å². The number of ether oxygens (including phenoxy) is 1. The van der Waals surface area contributed by atoms with Crippen molar-refractivity contribution in [2.24, 2.45) is 0 Å². The Kier molecular flexibility index (Phi) is 7.67. The van der Waals surface area contributed by atoms with E-state index >= 15 is 0 Å². The van der Waals surface area contributed by atoms with E-state index in [2.05, 4.69) is 11.9 Å². The first-order valence-corrected chi connectivity index (χ1v) is 10.1. The lowest BCUT2D eigenvalue weighted by Gasteiger charge is -2.38. The van der Waals surface area contributed by atoms with E-state index in [0.29, 0.717) is 17.7 Å². The Bertz CT molecular complexity index is 764. The van der Waals surface area contributed by atoms with Crippen molar-refractivity contribution in [1.82, 2.24) is 5.32 Å². The van der Waals surface area contributed by atoms with E-state index in [0.717, 1.165) is 5.56 Å². The van der Waals surface area contributed by atoms with Crippen molar-refractivity contribution >= 4 is 23.6 Å². The van der Waals surface area contributed by atoms with Gasteiger partial charge in [-0.2, -0.15) is 11.8 Å². The lowest BCUT2D eigenvalue weighted by molar-refractivity contribution is -0.149. The highest BCUT2D eigenvalue weighted by Crippen LogP contribution is 2.35. The number of hydrogen-bond acceptors (Lipinski definition) is 4. The van der Waals surface area contributed by atoms with Crippen LogP contribution in [-0.2, 0) is 9.53 Å². The predicted molar refractivity (Wildman–Crippen MR) is 111 cm³/mol. The summed E-state index contributed by atoms with van der Waals surface area (Å²) in [6, 6.07) is 18.4. The molecule has 0 unspecified atom stereocenters. The van der Waals surface area contributed by atoms with E-state index in [4.69, 9.17) is 4.74 Å². The van der Waals surface area contributed by atoms with Gasteiger partial charge in [0.25, 0.3) is 5.91 Å². The van der Waals surface area contributed by atoms with Gasteiger partial charge < -0.3 is 10.1 Å². The Balaban J connectivity index is 2.52. The molecule has 0 heterocycles. The molecule has 2 aromatic carbocycles. The zero-order valence-electron chi connectivity index (χ0n) is 15.7. The molecule has 0 aliphatic heterocycles. The molecule has 1 N–H and O–H groups in total. The number of hydrogen-bond donors (Lipinski definition) is 1. The molecule has 0 aliphatic rings. The number of thioether (sulfide) groups is 1. The van der Waals surface area contributed by atoms with Crippen molar-refractivity contribution in [2.75, 3.05) is 19.1 Å². The number of methoxy groups -OCH3 is 1. The van der Waals surface area contributed by atoms with Crippen LogP contribution in [0.2, 0.25) is 0 Å². The average Bonchev–Trinajstić information content (AvgIpc) is 2.73. The van der Waals surface area contributed by atoms with Gasteiger partial charge >= 0.3 is 5.97 Å². The second kappa shape index (κ2) is 9.97. The molecule has 27 heavy (non-hydrogen) atoms. The van der Waals surface area contributed by atoms with Crippen LogP contribution in [0.1, 0.15) is 28.3 Å². The third kappa shape index (κ3) is 4.80. The summed E-state index contributed by atoms with van der Waals surface area (Å²) in [6.45, 7) is 3.94. The van der Waals surface area contributed by atoms with E-state index < -0.39 is 17.4 Å². The maximum Gasteiger partial charge on any atom is 0.332 e. The maximum atomic E-state index is 13.0. The van der Waals surface area contributed by atoms with Crippen LogP contribution in [0.5, 0.6) is 0 Å². The molecule has 2 rings (SSSR count). The van der Waals surface area contributed by atoms with Crippen LogP contribution >= 0.6 is 11.8 Å². The number of benzene rings is 2. The van der Waals surface area contributed by atoms with Crippen LogP contribution in [-0.4, -0.2) is 36.5 Å². The molecule has 2 aromatic rings. The number of esters is 1. The monoisotopic (exact) mass is 383 g/mol. The largest absolute Gasteiger partial charge is 0.467 e. The van der Waals surface area contributed by atoms with E-state index in [1.807, 2.05) is 42.7 Å². The Morgan fingerprint density at radius 3 is 2.26 bits per heavy atom. The molecule has 142 valence electrons. The van der Waals surface area contributed by atoms with Gasteiger partial charge in [0.1, 0.15) is 5.54 Å². The molecule has 0 saturated carbocycles. The van der Waals surface area contributed by atoms with Gasteiger partial charge in [-0.05, 0) is 36.1 Å². The van der Waals surface area contributed by atoms with Crippen molar-refractivity contribution < 1.29 is 14.3 Å². The SMILES string of the molecule is C=C[C@@H](c1ccccc1)[C@@](CCSC)(NC(=O)c1ccccc1)C(=O)OC. The van der Waals surface area contributed by atoms with Gasteiger partial charge in [0.15, 0.2) is 0 Å². The molecule has 0 aromatic heterocycles. The Morgan fingerprint density at radius 1 is 1.15 bits per heavy atom. The fraction of sp³-hybridized carbons (Fsp3) is 0.273. The summed E-state index contributed by atoms with van der Waals surface area (Å²) >= 11 is 1.61. The standard InChI is InChI=1S/C22H25NO3S/c1-4-19(17-11-7-5-8-12-17)22(15-16-27-3,21(25)26-2)23-20(24)18-13-9-6-10-14-18/h4-14,19H,1,15-16H2,2-3H3,(H,23,24)/t19-,22+/m0/s1. The molecule has 0 bridgehead atoms. The second-order valence-electron chi connectivity index (χ2n) is 6.15. The van der Waals surface area contributed by atoms with Gasteiger partial charge in [0.2, 0.25) is 0 Å². The molecular formula is C22H25NO3S. The van der Waals surface area contributed by atoms with Crippen LogP contribution in [0.15, 0.2) is 73.3 Å². The van der Waals surface area contributed by atoms with Gasteiger partial charge in [-0.3, -0.25) is 4.79 Å². The molecule has 1 amide bonds. The van der Waals surface area contributed by atoms with Gasteiger partial charge in [-0.25, -0.2) is 4.79 Å². The summed E-state index contributed by atoms with van der Waals surface area (Å²) in [5.74, 6) is -0.535. The van der Waals surface area contributed by atoms with Crippen molar-refractivity contribution in [2.45, 2.75) is 17.9 Å². The zero-order chi connectivity index (χ0) is 19.7. The summed E-state index contributed by atoms with van der Waals surface area (Å²) in [5.41, 5.74) is 0.145. The molecule has 0 saturated heterocycles. The molecule has 0 aliphatic carbocycles. The minimum Gasteiger partial charge on any atom is -0.467 e. The number of carbonyl (C=O) groups excluding carboxylic acids is 2. The first-order valence-electron chi connectivity index (χ1n) is 8.71. The third-order valence-corrected chi connectivity index (χ3v) is 5.16. The highest BCUT2D eigenvalue weighted by Gasteiger charge is 2.47. The fourth-order valence-corrected chi connectivity index (χ4v) is 3.69. The number of nitrogens with one attached hydrogen (secondary N) is 1. The molecule has 4 nitrogen and oxygen atoms in total. The predicted octanol–water partition coefficient (Wildman–Crippen LogP) is 4.05. The molecular weight excluding hydrogens is 358 g/mol. The van der Waals surface area contributed by atoms with Gasteiger partial charge in [0, 0.05) is 11.5 Å². The lowest BCUT2D eigenvalue weighted by Crippen LogP contribution is -2.59. The molecule has 5 heteroatoms. The normalized spacial score (nSPS) is 13.9. The highest BCUT2D eigenvalue weighted by molar-refractivity contribution is 7.98. The second-order valence-corrected chi connectivity index (χ2v) is 7.14. The zero-order valence-corrected chi connectivity index (χ0v) is 16.5. The quantitative estimate of drug-likeness (QED) is 0.524. The average molecular weight is 384 g/mol. The van der Waals surface area contributed by atoms with Crippen LogP contribution in [0.3, 0.4) is 0 Å². The topological polar surface area (TPSA) is 55.4 Å². The van der Waals surface area contributed by atoms with E-state index in [1.54, 1.807) is 42.1 Å². The van der Waals surface area contributed by atoms with Crippen LogP contribution in [0, 0.1) is 0 Å². The first kappa shape index (κ1) is 20.8. The molecule has 2 atom stereocenters. The van der Waals surface area contributed by atoms with E-state index in [1.165, 1.54) is 7.11 Å². The number of rotatable bonds is 9. The molecule has 0 fully saturated rings. The van der Waals surface area contributed by atoms with Gasteiger partial charge in [-0.15, -0.1) is 6.58 Å². The summed E-state index contributed by atoms with van der Waals surface area (Å²) in [4.78, 5) is 25.9. The maximum absolute atomic E-state index is 13.0. The minimum atomic E-state index is -1.24. The summed E-state index contributed by atoms with van der Waals surface area (Å²) in [7, 11) is 1.34. The Labute approximate surface area is 165 Å². The van der Waals surface area contributed by atoms with Gasteiger partial charge in [-0.1, -0.05) is 54.6 Å². The number of carbonyl (C=O) groups is 2. The summed E-state index contributed by atoms with van der Waals surface area (Å²) in [6.07, 6.45) is 4.09. The molecule has 0 radical (unpaired) electrons. The summed E-state index contributed by atoms with van der Waals surface area (Å²) in [5, 5.41) is 2.98. The minimum absolute atomic E-state index is 0.315. The summed E-state index contributed by atoms with van der Waals surface area (Å²) < 4.78 is 5.14.